The van der Waals surface area contributed by atoms with Gasteiger partial charge in [-0.3, -0.25) is 0 Å². The molecule has 0 aromatic heterocycles. The van der Waals surface area contributed by atoms with E-state index < -0.39 is 5.60 Å². The normalized spacial score (nSPS) is 31.6. The second-order valence-electron chi connectivity index (χ2n) is 3.85. The summed E-state index contributed by atoms with van der Waals surface area (Å²) < 4.78 is 5.70. The van der Waals surface area contributed by atoms with E-state index in [-0.39, 0.29) is 5.92 Å². The van der Waals surface area contributed by atoms with Gasteiger partial charge in [0.1, 0.15) is 6.29 Å². The SMILES string of the molecule is CC1(c2ccccc2)OCCC1C=O. The van der Waals surface area contributed by atoms with Crippen molar-refractivity contribution in [2.45, 2.75) is 18.9 Å². The fraction of sp³-hybridized carbons (Fsp3) is 0.417. The predicted octanol–water partition coefficient (Wildman–Crippen LogP) is 2.14. The molecule has 14 heavy (non-hydrogen) atoms. The molecule has 0 spiro atoms. The van der Waals surface area contributed by atoms with Crippen molar-refractivity contribution in [1.29, 1.82) is 0 Å². The predicted molar refractivity (Wildman–Crippen MR) is 53.9 cm³/mol. The number of ether oxygens (including phenoxy) is 1. The standard InChI is InChI=1S/C12H14O2/c1-12(10-5-3-2-4-6-10)11(9-13)7-8-14-12/h2-6,9,11H,7-8H2,1H3. The maximum absolute atomic E-state index is 10.9. The smallest absolute Gasteiger partial charge is 0.126 e. The van der Waals surface area contributed by atoms with E-state index in [9.17, 15) is 4.79 Å². The van der Waals surface area contributed by atoms with Crippen LogP contribution in [0.25, 0.3) is 0 Å². The number of hydrogen-bond donors (Lipinski definition) is 0. The highest BCUT2D eigenvalue weighted by atomic mass is 16.5. The van der Waals surface area contributed by atoms with Gasteiger partial charge in [-0.2, -0.15) is 0 Å². The highest BCUT2D eigenvalue weighted by Gasteiger charge is 2.41. The van der Waals surface area contributed by atoms with Gasteiger partial charge in [-0.05, 0) is 18.9 Å². The highest BCUT2D eigenvalue weighted by Crippen LogP contribution is 2.39. The van der Waals surface area contributed by atoms with Crippen LogP contribution < -0.4 is 0 Å². The zero-order chi connectivity index (χ0) is 10.0. The first-order valence-electron chi connectivity index (χ1n) is 4.92. The molecule has 1 aliphatic rings. The zero-order valence-corrected chi connectivity index (χ0v) is 8.27. The fourth-order valence-corrected chi connectivity index (χ4v) is 2.04. The quantitative estimate of drug-likeness (QED) is 0.668. The number of carbonyl (C=O) groups excluding carboxylic acids is 1. The Kier molecular flexibility index (Phi) is 2.38. The van der Waals surface area contributed by atoms with E-state index in [1.807, 2.05) is 37.3 Å². The molecule has 1 aliphatic heterocycles. The molecule has 1 aromatic rings. The van der Waals surface area contributed by atoms with Crippen LogP contribution in [0.5, 0.6) is 0 Å². The van der Waals surface area contributed by atoms with E-state index in [4.69, 9.17) is 4.74 Å². The topological polar surface area (TPSA) is 26.3 Å². The Morgan fingerprint density at radius 2 is 2.14 bits per heavy atom. The summed E-state index contributed by atoms with van der Waals surface area (Å²) in [5, 5.41) is 0. The van der Waals surface area contributed by atoms with E-state index in [1.54, 1.807) is 0 Å². The molecule has 0 bridgehead atoms. The molecule has 1 saturated heterocycles. The third-order valence-corrected chi connectivity index (χ3v) is 3.05. The van der Waals surface area contributed by atoms with Crippen molar-refractivity contribution >= 4 is 6.29 Å². The Morgan fingerprint density at radius 3 is 2.79 bits per heavy atom. The van der Waals surface area contributed by atoms with Gasteiger partial charge < -0.3 is 9.53 Å². The van der Waals surface area contributed by atoms with Gasteiger partial charge in [-0.1, -0.05) is 30.3 Å². The summed E-state index contributed by atoms with van der Waals surface area (Å²) in [5.41, 5.74) is 0.679. The van der Waals surface area contributed by atoms with Crippen molar-refractivity contribution in [3.05, 3.63) is 35.9 Å². The van der Waals surface area contributed by atoms with Crippen LogP contribution in [0, 0.1) is 5.92 Å². The van der Waals surface area contributed by atoms with Crippen molar-refractivity contribution in [3.8, 4) is 0 Å². The third-order valence-electron chi connectivity index (χ3n) is 3.05. The fourth-order valence-electron chi connectivity index (χ4n) is 2.04. The maximum atomic E-state index is 10.9. The van der Waals surface area contributed by atoms with Crippen LogP contribution in [0.1, 0.15) is 18.9 Å². The summed E-state index contributed by atoms with van der Waals surface area (Å²) in [5.74, 6) is -0.00935. The summed E-state index contributed by atoms with van der Waals surface area (Å²) in [7, 11) is 0. The van der Waals surface area contributed by atoms with Crippen LogP contribution in [-0.2, 0) is 15.1 Å². The number of rotatable bonds is 2. The molecule has 2 unspecified atom stereocenters. The van der Waals surface area contributed by atoms with E-state index in [2.05, 4.69) is 0 Å². The van der Waals surface area contributed by atoms with Crippen LogP contribution in [0.2, 0.25) is 0 Å². The molecule has 0 aliphatic carbocycles. The largest absolute Gasteiger partial charge is 0.370 e. The molecular weight excluding hydrogens is 176 g/mol. The minimum absolute atomic E-state index is 0.00935. The van der Waals surface area contributed by atoms with Gasteiger partial charge in [0.2, 0.25) is 0 Å². The molecule has 2 heteroatoms. The van der Waals surface area contributed by atoms with Crippen molar-refractivity contribution in [3.63, 3.8) is 0 Å². The molecule has 0 N–H and O–H groups in total. The van der Waals surface area contributed by atoms with Gasteiger partial charge in [0, 0.05) is 12.5 Å². The lowest BCUT2D eigenvalue weighted by Crippen LogP contribution is -2.29. The van der Waals surface area contributed by atoms with E-state index in [1.165, 1.54) is 0 Å². The van der Waals surface area contributed by atoms with Crippen LogP contribution in [0.15, 0.2) is 30.3 Å². The lowest BCUT2D eigenvalue weighted by molar-refractivity contribution is -0.116. The molecule has 0 radical (unpaired) electrons. The number of aldehydes is 1. The monoisotopic (exact) mass is 190 g/mol. The molecule has 2 rings (SSSR count). The molecule has 0 amide bonds. The molecule has 1 fully saturated rings. The van der Waals surface area contributed by atoms with E-state index in [0.717, 1.165) is 18.3 Å². The number of hydrogen-bond acceptors (Lipinski definition) is 2. The Morgan fingerprint density at radius 1 is 1.43 bits per heavy atom. The highest BCUT2D eigenvalue weighted by molar-refractivity contribution is 5.57. The molecule has 74 valence electrons. The molecule has 1 aromatic carbocycles. The first-order valence-corrected chi connectivity index (χ1v) is 4.92. The maximum Gasteiger partial charge on any atom is 0.126 e. The van der Waals surface area contributed by atoms with Crippen LogP contribution in [0.3, 0.4) is 0 Å². The lowest BCUT2D eigenvalue weighted by Gasteiger charge is -2.27. The number of carbonyl (C=O) groups is 1. The Bertz CT molecular complexity index is 320. The van der Waals surface area contributed by atoms with Crippen molar-refractivity contribution in [2.75, 3.05) is 6.61 Å². The van der Waals surface area contributed by atoms with Gasteiger partial charge in [0.05, 0.1) is 5.60 Å². The van der Waals surface area contributed by atoms with Crippen molar-refractivity contribution in [2.24, 2.45) is 5.92 Å². The lowest BCUT2D eigenvalue weighted by atomic mass is 9.84. The summed E-state index contributed by atoms with van der Waals surface area (Å²) in [6, 6.07) is 9.95. The Labute approximate surface area is 83.9 Å². The minimum atomic E-state index is -0.414. The average molecular weight is 190 g/mol. The molecule has 0 saturated carbocycles. The molecule has 2 atom stereocenters. The van der Waals surface area contributed by atoms with Gasteiger partial charge in [0.25, 0.3) is 0 Å². The van der Waals surface area contributed by atoms with Crippen LogP contribution >= 0.6 is 0 Å². The summed E-state index contributed by atoms with van der Waals surface area (Å²) in [6.45, 7) is 2.67. The molecule has 2 nitrogen and oxygen atoms in total. The summed E-state index contributed by atoms with van der Waals surface area (Å²) >= 11 is 0. The molecule has 1 heterocycles. The first kappa shape index (κ1) is 9.41. The second-order valence-corrected chi connectivity index (χ2v) is 3.85. The van der Waals surface area contributed by atoms with Gasteiger partial charge in [-0.25, -0.2) is 0 Å². The first-order chi connectivity index (χ1) is 6.77. The third kappa shape index (κ3) is 1.36. The zero-order valence-electron chi connectivity index (χ0n) is 8.27. The van der Waals surface area contributed by atoms with Crippen LogP contribution in [0.4, 0.5) is 0 Å². The summed E-state index contributed by atoms with van der Waals surface area (Å²) in [6.07, 6.45) is 1.84. The average Bonchev–Trinajstić information content (AvgIpc) is 2.62. The van der Waals surface area contributed by atoms with Gasteiger partial charge in [-0.15, -0.1) is 0 Å². The van der Waals surface area contributed by atoms with Crippen molar-refractivity contribution in [1.82, 2.24) is 0 Å². The second kappa shape index (κ2) is 3.54. The number of benzene rings is 1. The summed E-state index contributed by atoms with van der Waals surface area (Å²) in [4.78, 5) is 10.9. The van der Waals surface area contributed by atoms with Gasteiger partial charge in [0.15, 0.2) is 0 Å². The Hall–Kier alpha value is -1.15. The van der Waals surface area contributed by atoms with E-state index >= 15 is 0 Å². The van der Waals surface area contributed by atoms with Crippen LogP contribution in [-0.4, -0.2) is 12.9 Å². The minimum Gasteiger partial charge on any atom is -0.370 e. The van der Waals surface area contributed by atoms with Gasteiger partial charge >= 0.3 is 0 Å². The van der Waals surface area contributed by atoms with Crippen molar-refractivity contribution < 1.29 is 9.53 Å². The Balaban J connectivity index is 2.36. The molecular formula is C12H14O2. The van der Waals surface area contributed by atoms with E-state index in [0.29, 0.717) is 6.61 Å².